The molecule has 0 heterocycles. The zero-order chi connectivity index (χ0) is 10.5. The first kappa shape index (κ1) is 12.3. The van der Waals surface area contributed by atoms with Crippen molar-refractivity contribution < 1.29 is 0 Å². The van der Waals surface area contributed by atoms with Crippen LogP contribution in [0.15, 0.2) is 9.98 Å². The Hall–Kier alpha value is -0.660. The Bertz CT molecular complexity index is 195. The van der Waals surface area contributed by atoms with Crippen LogP contribution in [-0.2, 0) is 0 Å². The van der Waals surface area contributed by atoms with Gasteiger partial charge in [-0.05, 0) is 41.3 Å². The lowest BCUT2D eigenvalue weighted by Crippen LogP contribution is -2.24. The van der Waals surface area contributed by atoms with E-state index in [9.17, 15) is 0 Å². The molecule has 76 valence electrons. The fraction of sp³-hybridized carbons (Fsp3) is 0.900. The molecule has 0 aliphatic heterocycles. The topological polar surface area (TPSA) is 28.0 Å². The minimum Gasteiger partial charge on any atom is -0.287 e. The van der Waals surface area contributed by atoms with E-state index in [-0.39, 0.29) is 11.7 Å². The van der Waals surface area contributed by atoms with E-state index in [0.29, 0.717) is 0 Å². The lowest BCUT2D eigenvalue weighted by Gasteiger charge is -2.16. The van der Waals surface area contributed by atoms with Gasteiger partial charge in [0.2, 0.25) is 0 Å². The van der Waals surface area contributed by atoms with E-state index >= 15 is 0 Å². The van der Waals surface area contributed by atoms with Crippen molar-refractivity contribution in [3.8, 4) is 0 Å². The van der Waals surface area contributed by atoms with Crippen LogP contribution in [0.25, 0.3) is 0 Å². The van der Waals surface area contributed by atoms with E-state index < -0.39 is 0 Å². The maximum atomic E-state index is 4.24. The van der Waals surface area contributed by atoms with Gasteiger partial charge in [-0.25, -0.2) is 9.98 Å². The molecule has 3 heteroatoms. The van der Waals surface area contributed by atoms with E-state index in [1.54, 1.807) is 0 Å². The molecule has 0 N–H and O–H groups in total. The Morgan fingerprint density at radius 3 is 2.15 bits per heavy atom. The Kier molecular flexibility index (Phi) is 4.89. The van der Waals surface area contributed by atoms with Gasteiger partial charge in [0.25, 0.3) is 0 Å². The SMILES string of the molecule is CCC(N=C=NC(C)(C)C)N(C)C. The molecule has 0 amide bonds. The first-order valence-corrected chi connectivity index (χ1v) is 4.70. The Balaban J connectivity index is 4.31. The first-order valence-electron chi connectivity index (χ1n) is 4.70. The van der Waals surface area contributed by atoms with Crippen molar-refractivity contribution >= 4 is 6.01 Å². The van der Waals surface area contributed by atoms with Crippen molar-refractivity contribution in [2.75, 3.05) is 14.1 Å². The summed E-state index contributed by atoms with van der Waals surface area (Å²) in [5.41, 5.74) is -0.0753. The minimum atomic E-state index is -0.0753. The average molecular weight is 183 g/mol. The lowest BCUT2D eigenvalue weighted by molar-refractivity contribution is 0.296. The second kappa shape index (κ2) is 5.15. The normalized spacial score (nSPS) is 13.8. The van der Waals surface area contributed by atoms with E-state index in [1.807, 2.05) is 34.9 Å². The van der Waals surface area contributed by atoms with Crippen molar-refractivity contribution in [3.63, 3.8) is 0 Å². The highest BCUT2D eigenvalue weighted by atomic mass is 15.2. The van der Waals surface area contributed by atoms with Gasteiger partial charge in [0.15, 0.2) is 0 Å². The molecule has 1 unspecified atom stereocenters. The molecule has 0 fully saturated rings. The minimum absolute atomic E-state index is 0.0753. The van der Waals surface area contributed by atoms with Gasteiger partial charge in [-0.3, -0.25) is 4.90 Å². The third kappa shape index (κ3) is 6.50. The molecule has 0 spiro atoms. The number of nitrogens with zero attached hydrogens (tertiary/aromatic N) is 3. The zero-order valence-electron chi connectivity index (χ0n) is 9.63. The van der Waals surface area contributed by atoms with Gasteiger partial charge >= 0.3 is 0 Å². The first-order chi connectivity index (χ1) is 5.87. The van der Waals surface area contributed by atoms with Crippen LogP contribution in [-0.4, -0.2) is 36.7 Å². The molecule has 0 aromatic carbocycles. The zero-order valence-corrected chi connectivity index (χ0v) is 9.63. The number of hydrogen-bond acceptors (Lipinski definition) is 3. The molecule has 0 saturated heterocycles. The summed E-state index contributed by atoms with van der Waals surface area (Å²) in [6.07, 6.45) is 1.19. The smallest absolute Gasteiger partial charge is 0.112 e. The third-order valence-corrected chi connectivity index (χ3v) is 1.55. The molecule has 0 bridgehead atoms. The summed E-state index contributed by atoms with van der Waals surface area (Å²) in [5.74, 6) is 0. The van der Waals surface area contributed by atoms with Crippen LogP contribution in [0.1, 0.15) is 34.1 Å². The maximum Gasteiger partial charge on any atom is 0.112 e. The van der Waals surface area contributed by atoms with Crippen LogP contribution in [0, 0.1) is 0 Å². The molecule has 0 saturated carbocycles. The summed E-state index contributed by atoms with van der Waals surface area (Å²) in [7, 11) is 4.02. The van der Waals surface area contributed by atoms with Gasteiger partial charge in [-0.15, -0.1) is 0 Å². The Labute approximate surface area is 81.6 Å². The van der Waals surface area contributed by atoms with E-state index in [0.717, 1.165) is 6.42 Å². The fourth-order valence-electron chi connectivity index (χ4n) is 0.817. The average Bonchev–Trinajstić information content (AvgIpc) is 1.95. The van der Waals surface area contributed by atoms with Gasteiger partial charge in [-0.1, -0.05) is 6.92 Å². The quantitative estimate of drug-likeness (QED) is 0.617. The molecule has 0 aromatic rings. The summed E-state index contributed by atoms with van der Waals surface area (Å²) in [4.78, 5) is 10.5. The summed E-state index contributed by atoms with van der Waals surface area (Å²) in [6, 6.07) is 2.77. The monoisotopic (exact) mass is 183 g/mol. The van der Waals surface area contributed by atoms with E-state index in [2.05, 4.69) is 27.8 Å². The predicted octanol–water partition coefficient (Wildman–Crippen LogP) is 2.26. The molecule has 1 atom stereocenters. The molecule has 0 aliphatic rings. The van der Waals surface area contributed by atoms with Crippen LogP contribution in [0.4, 0.5) is 0 Å². The standard InChI is InChI=1S/C10H21N3/c1-7-9(13(5)6)11-8-12-10(2,3)4/h9H,7H2,1-6H3. The molecule has 0 rings (SSSR count). The van der Waals surface area contributed by atoms with Crippen molar-refractivity contribution in [1.82, 2.24) is 4.90 Å². The lowest BCUT2D eigenvalue weighted by atomic mass is 10.1. The Morgan fingerprint density at radius 1 is 1.31 bits per heavy atom. The number of aliphatic imine (C=N–C) groups is 2. The summed E-state index contributed by atoms with van der Waals surface area (Å²) in [5, 5.41) is 0. The molecule has 0 aromatic heterocycles. The fourth-order valence-corrected chi connectivity index (χ4v) is 0.817. The highest BCUT2D eigenvalue weighted by Gasteiger charge is 2.06. The Morgan fingerprint density at radius 2 is 1.85 bits per heavy atom. The molecular formula is C10H21N3. The number of hydrogen-bond donors (Lipinski definition) is 0. The van der Waals surface area contributed by atoms with Crippen molar-refractivity contribution in [2.24, 2.45) is 9.98 Å². The highest BCUT2D eigenvalue weighted by molar-refractivity contribution is 5.42. The van der Waals surface area contributed by atoms with Crippen LogP contribution in [0.2, 0.25) is 0 Å². The predicted molar refractivity (Wildman–Crippen MR) is 57.4 cm³/mol. The van der Waals surface area contributed by atoms with Crippen LogP contribution >= 0.6 is 0 Å². The largest absolute Gasteiger partial charge is 0.287 e. The second-order valence-electron chi connectivity index (χ2n) is 4.36. The van der Waals surface area contributed by atoms with Crippen LogP contribution in [0.5, 0.6) is 0 Å². The van der Waals surface area contributed by atoms with Gasteiger partial charge < -0.3 is 0 Å². The highest BCUT2D eigenvalue weighted by Crippen LogP contribution is 2.04. The van der Waals surface area contributed by atoms with Crippen molar-refractivity contribution in [2.45, 2.75) is 45.8 Å². The molecule has 13 heavy (non-hydrogen) atoms. The van der Waals surface area contributed by atoms with Gasteiger partial charge in [0.05, 0.1) is 11.5 Å². The third-order valence-electron chi connectivity index (χ3n) is 1.55. The summed E-state index contributed by atoms with van der Waals surface area (Å²) < 4.78 is 0. The molecule has 3 nitrogen and oxygen atoms in total. The van der Waals surface area contributed by atoms with Gasteiger partial charge in [0.1, 0.15) is 6.17 Å². The maximum absolute atomic E-state index is 4.24. The van der Waals surface area contributed by atoms with Crippen LogP contribution < -0.4 is 0 Å². The molecular weight excluding hydrogens is 162 g/mol. The van der Waals surface area contributed by atoms with Gasteiger partial charge in [-0.2, -0.15) is 0 Å². The van der Waals surface area contributed by atoms with E-state index in [1.165, 1.54) is 0 Å². The van der Waals surface area contributed by atoms with Crippen molar-refractivity contribution in [1.29, 1.82) is 0 Å². The van der Waals surface area contributed by atoms with E-state index in [4.69, 9.17) is 0 Å². The molecule has 0 aliphatic carbocycles. The second-order valence-corrected chi connectivity index (χ2v) is 4.36. The molecule has 0 radical (unpaired) electrons. The summed E-state index contributed by atoms with van der Waals surface area (Å²) >= 11 is 0. The van der Waals surface area contributed by atoms with Crippen molar-refractivity contribution in [3.05, 3.63) is 0 Å². The number of rotatable bonds is 3. The van der Waals surface area contributed by atoms with Crippen LogP contribution in [0.3, 0.4) is 0 Å². The van der Waals surface area contributed by atoms with Gasteiger partial charge in [0, 0.05) is 0 Å². The summed E-state index contributed by atoms with van der Waals surface area (Å²) in [6.45, 7) is 8.21.